The topological polar surface area (TPSA) is 106 Å². The van der Waals surface area contributed by atoms with Crippen LogP contribution >= 0.6 is 0 Å². The molecule has 0 radical (unpaired) electrons. The van der Waals surface area contributed by atoms with Gasteiger partial charge in [-0.1, -0.05) is 24.3 Å². The van der Waals surface area contributed by atoms with E-state index in [2.05, 4.69) is 9.98 Å². The van der Waals surface area contributed by atoms with Crippen molar-refractivity contribution in [3.05, 3.63) is 82.9 Å². The van der Waals surface area contributed by atoms with E-state index in [1.807, 2.05) is 0 Å². The van der Waals surface area contributed by atoms with Gasteiger partial charge in [0, 0.05) is 24.0 Å². The average Bonchev–Trinajstić information content (AvgIpc) is 3.36. The lowest BCUT2D eigenvalue weighted by atomic mass is 10.00. The van der Waals surface area contributed by atoms with Crippen LogP contribution in [0.2, 0.25) is 0 Å². The number of ether oxygens (including phenoxy) is 1. The Bertz CT molecular complexity index is 1220. The molecule has 2 aromatic carbocycles. The maximum atomic E-state index is 14.5. The lowest BCUT2D eigenvalue weighted by Crippen LogP contribution is -2.41. The molecule has 36 heavy (non-hydrogen) atoms. The van der Waals surface area contributed by atoms with E-state index in [1.54, 1.807) is 47.5 Å². The zero-order valence-corrected chi connectivity index (χ0v) is 19.9. The Labute approximate surface area is 208 Å². The Kier molecular flexibility index (Phi) is 8.22. The second-order valence-electron chi connectivity index (χ2n) is 8.59. The van der Waals surface area contributed by atoms with Crippen LogP contribution in [-0.4, -0.2) is 61.6 Å². The number of nitrogens with two attached hydrogens (primary N) is 2. The molecular weight excluding hydrogens is 464 g/mol. The molecule has 0 saturated carbocycles. The first-order valence-electron chi connectivity index (χ1n) is 11.8. The number of rotatable bonds is 7. The highest BCUT2D eigenvalue weighted by Crippen LogP contribution is 2.25. The molecule has 9 heteroatoms. The predicted molar refractivity (Wildman–Crippen MR) is 137 cm³/mol. The highest BCUT2D eigenvalue weighted by Gasteiger charge is 2.34. The molecule has 0 unspecified atom stereocenters. The SMILES string of the molecule is N/C(=C\C=NC[C@@H]1CCCN1C(=O)/C(C1=NCCOC1)=C(/N)c1ccccc1F)c1ccc(F)cc1. The molecule has 188 valence electrons. The summed E-state index contributed by atoms with van der Waals surface area (Å²) in [6, 6.07) is 11.8. The molecule has 7 nitrogen and oxygen atoms in total. The molecule has 1 atom stereocenters. The van der Waals surface area contributed by atoms with Crippen molar-refractivity contribution in [2.45, 2.75) is 18.9 Å². The van der Waals surface area contributed by atoms with Crippen molar-refractivity contribution >= 4 is 29.2 Å². The van der Waals surface area contributed by atoms with E-state index in [1.165, 1.54) is 18.2 Å². The maximum Gasteiger partial charge on any atom is 0.258 e. The molecular formula is C27H29F2N5O2. The van der Waals surface area contributed by atoms with E-state index in [4.69, 9.17) is 16.2 Å². The van der Waals surface area contributed by atoms with Crippen LogP contribution < -0.4 is 11.5 Å². The van der Waals surface area contributed by atoms with E-state index in [-0.39, 0.29) is 41.2 Å². The Morgan fingerprint density at radius 2 is 1.94 bits per heavy atom. The van der Waals surface area contributed by atoms with Gasteiger partial charge in [-0.2, -0.15) is 0 Å². The number of aliphatic imine (C=N–C) groups is 2. The summed E-state index contributed by atoms with van der Waals surface area (Å²) in [5.74, 6) is -1.15. The van der Waals surface area contributed by atoms with Crippen LogP contribution in [0.25, 0.3) is 11.4 Å². The molecule has 4 N–H and O–H groups in total. The summed E-state index contributed by atoms with van der Waals surface area (Å²) in [6.45, 7) is 1.91. The van der Waals surface area contributed by atoms with Gasteiger partial charge >= 0.3 is 0 Å². The van der Waals surface area contributed by atoms with E-state index in [0.717, 1.165) is 12.8 Å². The van der Waals surface area contributed by atoms with E-state index in [0.29, 0.717) is 43.2 Å². The number of benzene rings is 2. The lowest BCUT2D eigenvalue weighted by molar-refractivity contribution is -0.127. The van der Waals surface area contributed by atoms with Gasteiger partial charge in [-0.25, -0.2) is 8.78 Å². The number of amides is 1. The smallest absolute Gasteiger partial charge is 0.258 e. The van der Waals surface area contributed by atoms with Crippen molar-refractivity contribution in [1.29, 1.82) is 0 Å². The lowest BCUT2D eigenvalue weighted by Gasteiger charge is -2.27. The van der Waals surface area contributed by atoms with Crippen molar-refractivity contribution in [3.8, 4) is 0 Å². The number of halogens is 2. The minimum atomic E-state index is -0.509. The van der Waals surface area contributed by atoms with Gasteiger partial charge in [0.25, 0.3) is 5.91 Å². The monoisotopic (exact) mass is 493 g/mol. The quantitative estimate of drug-likeness (QED) is 0.456. The molecule has 0 bridgehead atoms. The van der Waals surface area contributed by atoms with Crippen molar-refractivity contribution in [3.63, 3.8) is 0 Å². The Balaban J connectivity index is 1.54. The van der Waals surface area contributed by atoms with Gasteiger partial charge in [0.15, 0.2) is 0 Å². The summed E-state index contributed by atoms with van der Waals surface area (Å²) >= 11 is 0. The summed E-state index contributed by atoms with van der Waals surface area (Å²) < 4.78 is 33.2. The molecule has 4 rings (SSSR count). The first-order valence-corrected chi connectivity index (χ1v) is 11.8. The number of likely N-dealkylation sites (tertiary alicyclic amines) is 1. The van der Waals surface area contributed by atoms with Crippen LogP contribution in [0.5, 0.6) is 0 Å². The maximum absolute atomic E-state index is 14.5. The third-order valence-corrected chi connectivity index (χ3v) is 6.20. The average molecular weight is 494 g/mol. The number of carbonyl (C=O) groups is 1. The summed E-state index contributed by atoms with van der Waals surface area (Å²) in [5, 5.41) is 0. The van der Waals surface area contributed by atoms with Gasteiger partial charge in [-0.05, 0) is 48.7 Å². The molecule has 2 heterocycles. The summed E-state index contributed by atoms with van der Waals surface area (Å²) in [4.78, 5) is 24.4. The zero-order valence-electron chi connectivity index (χ0n) is 19.9. The summed E-state index contributed by atoms with van der Waals surface area (Å²) in [7, 11) is 0. The molecule has 0 aromatic heterocycles. The summed E-state index contributed by atoms with van der Waals surface area (Å²) in [6.07, 6.45) is 4.82. The van der Waals surface area contributed by atoms with Gasteiger partial charge in [-0.3, -0.25) is 14.8 Å². The predicted octanol–water partition coefficient (Wildman–Crippen LogP) is 3.17. The normalized spacial score (nSPS) is 19.4. The molecule has 2 aliphatic heterocycles. The Morgan fingerprint density at radius 3 is 2.67 bits per heavy atom. The molecule has 2 aromatic rings. The van der Waals surface area contributed by atoms with Crippen LogP contribution in [-0.2, 0) is 9.53 Å². The van der Waals surface area contributed by atoms with Crippen molar-refractivity contribution < 1.29 is 18.3 Å². The second-order valence-corrected chi connectivity index (χ2v) is 8.59. The van der Waals surface area contributed by atoms with Gasteiger partial charge in [0.2, 0.25) is 0 Å². The fraction of sp³-hybridized carbons (Fsp3) is 0.296. The van der Waals surface area contributed by atoms with E-state index < -0.39 is 5.82 Å². The minimum Gasteiger partial charge on any atom is -0.398 e. The van der Waals surface area contributed by atoms with Crippen LogP contribution in [0.15, 0.2) is 70.2 Å². The van der Waals surface area contributed by atoms with Gasteiger partial charge in [-0.15, -0.1) is 0 Å². The van der Waals surface area contributed by atoms with Gasteiger partial charge in [0.1, 0.15) is 11.6 Å². The van der Waals surface area contributed by atoms with E-state index in [9.17, 15) is 13.6 Å². The van der Waals surface area contributed by atoms with Gasteiger partial charge in [0.05, 0.1) is 49.3 Å². The van der Waals surface area contributed by atoms with Crippen LogP contribution in [0.4, 0.5) is 8.78 Å². The summed E-state index contributed by atoms with van der Waals surface area (Å²) in [5.41, 5.74) is 14.4. The second kappa shape index (κ2) is 11.7. The van der Waals surface area contributed by atoms with Crippen molar-refractivity contribution in [2.75, 3.05) is 32.8 Å². The molecule has 1 amide bonds. The minimum absolute atomic E-state index is 0.0477. The zero-order chi connectivity index (χ0) is 25.5. The Morgan fingerprint density at radius 1 is 1.17 bits per heavy atom. The third kappa shape index (κ3) is 5.85. The van der Waals surface area contributed by atoms with Crippen LogP contribution in [0.3, 0.4) is 0 Å². The van der Waals surface area contributed by atoms with Crippen molar-refractivity contribution in [2.24, 2.45) is 21.5 Å². The Hall–Kier alpha value is -3.85. The van der Waals surface area contributed by atoms with Gasteiger partial charge < -0.3 is 21.1 Å². The number of hydrogen-bond donors (Lipinski definition) is 2. The first-order chi connectivity index (χ1) is 17.5. The van der Waals surface area contributed by atoms with Crippen LogP contribution in [0, 0.1) is 11.6 Å². The fourth-order valence-electron chi connectivity index (χ4n) is 4.31. The number of hydrogen-bond acceptors (Lipinski definition) is 6. The van der Waals surface area contributed by atoms with E-state index >= 15 is 0 Å². The number of carbonyl (C=O) groups excluding carboxylic acids is 1. The number of allylic oxidation sites excluding steroid dienone is 1. The number of nitrogens with zero attached hydrogens (tertiary/aromatic N) is 3. The van der Waals surface area contributed by atoms with Crippen LogP contribution in [0.1, 0.15) is 24.0 Å². The molecule has 2 aliphatic rings. The molecule has 1 fully saturated rings. The highest BCUT2D eigenvalue weighted by molar-refractivity contribution is 6.26. The molecule has 0 aliphatic carbocycles. The largest absolute Gasteiger partial charge is 0.398 e. The standard InChI is InChI=1S/C27H29F2N5O2/c28-19-9-7-18(8-10-19)23(30)11-12-32-16-20-4-3-14-34(20)27(35)25(24-17-36-15-13-33-24)26(31)21-5-1-2-6-22(21)29/h1-2,5-12,20H,3-4,13-17,30-31H2/b23-11-,26-25+,32-12?/t20-/m0/s1. The van der Waals surface area contributed by atoms with Crippen molar-refractivity contribution in [1.82, 2.24) is 4.90 Å². The highest BCUT2D eigenvalue weighted by atomic mass is 19.1. The third-order valence-electron chi connectivity index (χ3n) is 6.20. The molecule has 1 saturated heterocycles. The fourth-order valence-corrected chi connectivity index (χ4v) is 4.31. The first kappa shape index (κ1) is 25.2. The molecule has 0 spiro atoms.